The van der Waals surface area contributed by atoms with E-state index < -0.39 is 0 Å². The van der Waals surface area contributed by atoms with E-state index in [4.69, 9.17) is 11.6 Å². The molecule has 2 N–H and O–H groups in total. The summed E-state index contributed by atoms with van der Waals surface area (Å²) in [6.07, 6.45) is 2.25. The Kier molecular flexibility index (Phi) is 4.39. The van der Waals surface area contributed by atoms with Crippen molar-refractivity contribution < 1.29 is 9.59 Å². The average molecular weight is 444 g/mol. The van der Waals surface area contributed by atoms with Crippen molar-refractivity contribution in [3.8, 4) is 11.1 Å². The van der Waals surface area contributed by atoms with Crippen molar-refractivity contribution in [1.29, 1.82) is 0 Å². The van der Waals surface area contributed by atoms with Crippen molar-refractivity contribution in [1.82, 2.24) is 15.2 Å². The molecule has 0 aliphatic carbocycles. The fourth-order valence-corrected chi connectivity index (χ4v) is 5.60. The molecule has 2 aliphatic heterocycles. The van der Waals surface area contributed by atoms with E-state index >= 15 is 0 Å². The summed E-state index contributed by atoms with van der Waals surface area (Å²) in [7, 11) is 2.02. The van der Waals surface area contributed by atoms with Crippen molar-refractivity contribution in [3.05, 3.63) is 70.2 Å². The van der Waals surface area contributed by atoms with Crippen LogP contribution in [0.5, 0.6) is 0 Å². The molecule has 0 spiro atoms. The second-order valence-electron chi connectivity index (χ2n) is 8.69. The van der Waals surface area contributed by atoms with Gasteiger partial charge in [0.05, 0.1) is 16.6 Å². The maximum absolute atomic E-state index is 12.9. The Morgan fingerprint density at radius 1 is 0.906 bits per heavy atom. The largest absolute Gasteiger partial charge is 0.344 e. The second-order valence-corrected chi connectivity index (χ2v) is 9.10. The third kappa shape index (κ3) is 2.74. The highest BCUT2D eigenvalue weighted by Crippen LogP contribution is 2.42. The maximum atomic E-state index is 12.9. The summed E-state index contributed by atoms with van der Waals surface area (Å²) in [4.78, 5) is 25.8. The molecule has 3 aromatic carbocycles. The Labute approximate surface area is 190 Å². The van der Waals surface area contributed by atoms with Crippen molar-refractivity contribution in [2.45, 2.75) is 18.8 Å². The van der Waals surface area contributed by atoms with Crippen LogP contribution in [0.15, 0.2) is 48.5 Å². The lowest BCUT2D eigenvalue weighted by molar-refractivity contribution is 0.0880. The van der Waals surface area contributed by atoms with Crippen molar-refractivity contribution in [3.63, 3.8) is 0 Å². The lowest BCUT2D eigenvalue weighted by Crippen LogP contribution is -2.26. The number of halogens is 1. The Morgan fingerprint density at radius 3 is 2.44 bits per heavy atom. The van der Waals surface area contributed by atoms with Gasteiger partial charge in [0.1, 0.15) is 0 Å². The van der Waals surface area contributed by atoms with Gasteiger partial charge < -0.3 is 9.88 Å². The monoisotopic (exact) mass is 443 g/mol. The Balaban J connectivity index is 1.67. The fraction of sp³-hybridized carbons (Fsp3) is 0.231. The zero-order valence-corrected chi connectivity index (χ0v) is 18.4. The lowest BCUT2D eigenvalue weighted by atomic mass is 9.89. The summed E-state index contributed by atoms with van der Waals surface area (Å²) < 4.78 is 2.13. The van der Waals surface area contributed by atoms with Gasteiger partial charge in [0.2, 0.25) is 0 Å². The molecule has 5 nitrogen and oxygen atoms in total. The molecular formula is C26H22ClN3O2. The van der Waals surface area contributed by atoms with Crippen molar-refractivity contribution in [2.75, 3.05) is 13.1 Å². The molecule has 0 bridgehead atoms. The number of imide groups is 1. The third-order valence-corrected chi connectivity index (χ3v) is 7.31. The van der Waals surface area contributed by atoms with Crippen LogP contribution in [0, 0.1) is 0 Å². The highest BCUT2D eigenvalue weighted by atomic mass is 35.5. The maximum Gasteiger partial charge on any atom is 0.259 e. The first-order chi connectivity index (χ1) is 15.5. The molecule has 0 unspecified atom stereocenters. The minimum Gasteiger partial charge on any atom is -0.344 e. The van der Waals surface area contributed by atoms with Gasteiger partial charge in [-0.3, -0.25) is 14.9 Å². The molecule has 32 heavy (non-hydrogen) atoms. The molecule has 1 aromatic heterocycles. The molecule has 0 radical (unpaired) electrons. The van der Waals surface area contributed by atoms with Crippen LogP contribution in [0.4, 0.5) is 0 Å². The number of aryl methyl sites for hydroxylation is 1. The van der Waals surface area contributed by atoms with Crippen LogP contribution in [0.2, 0.25) is 5.02 Å². The van der Waals surface area contributed by atoms with E-state index in [0.717, 1.165) is 53.3 Å². The van der Waals surface area contributed by atoms with Gasteiger partial charge in [0.25, 0.3) is 11.8 Å². The van der Waals surface area contributed by atoms with Crippen LogP contribution in [0.3, 0.4) is 0 Å². The van der Waals surface area contributed by atoms with Crippen LogP contribution < -0.4 is 10.6 Å². The minimum atomic E-state index is -0.370. The molecule has 2 amide bonds. The number of aromatic nitrogens is 1. The van der Waals surface area contributed by atoms with Gasteiger partial charge in [-0.15, -0.1) is 0 Å². The van der Waals surface area contributed by atoms with Gasteiger partial charge in [-0.1, -0.05) is 41.9 Å². The van der Waals surface area contributed by atoms with Crippen LogP contribution in [0.25, 0.3) is 32.9 Å². The number of nitrogens with one attached hydrogen (secondary N) is 2. The molecule has 1 saturated heterocycles. The number of benzene rings is 3. The molecule has 2 aliphatic rings. The number of fused-ring (bicyclic) bond motifs is 5. The highest BCUT2D eigenvalue weighted by molar-refractivity contribution is 6.36. The number of rotatable bonds is 2. The van der Waals surface area contributed by atoms with Crippen LogP contribution in [0.1, 0.15) is 45.0 Å². The number of hydrogen-bond acceptors (Lipinski definition) is 3. The van der Waals surface area contributed by atoms with Gasteiger partial charge in [-0.2, -0.15) is 0 Å². The van der Waals surface area contributed by atoms with Crippen LogP contribution in [-0.4, -0.2) is 29.5 Å². The first-order valence-corrected chi connectivity index (χ1v) is 11.3. The van der Waals surface area contributed by atoms with E-state index in [1.54, 1.807) is 6.07 Å². The van der Waals surface area contributed by atoms with Gasteiger partial charge >= 0.3 is 0 Å². The number of carbonyl (C=O) groups is 2. The van der Waals surface area contributed by atoms with E-state index in [9.17, 15) is 9.59 Å². The number of piperidine rings is 1. The van der Waals surface area contributed by atoms with Crippen molar-refractivity contribution in [2.24, 2.45) is 7.05 Å². The first-order valence-electron chi connectivity index (χ1n) is 10.9. The predicted octanol–water partition coefficient (Wildman–Crippen LogP) is 5.00. The van der Waals surface area contributed by atoms with E-state index in [0.29, 0.717) is 27.6 Å². The number of amides is 2. The van der Waals surface area contributed by atoms with E-state index in [1.165, 1.54) is 5.56 Å². The quantitative estimate of drug-likeness (QED) is 0.428. The first kappa shape index (κ1) is 19.5. The minimum absolute atomic E-state index is 0.348. The number of hydrogen-bond donors (Lipinski definition) is 2. The fourth-order valence-electron chi connectivity index (χ4n) is 5.37. The molecule has 6 rings (SSSR count). The standard InChI is InChI=1S/C26H22ClN3O2/c1-30-20-12-15(14-8-10-28-11-9-14)6-7-17(20)22-21(30)13-18(16-4-2-3-5-19(16)27)23-24(22)26(32)29-25(23)31/h2-7,12-14,28H,8-11H2,1H3,(H,29,31,32). The van der Waals surface area contributed by atoms with Gasteiger partial charge in [0, 0.05) is 33.9 Å². The van der Waals surface area contributed by atoms with Crippen LogP contribution >= 0.6 is 11.6 Å². The molecule has 4 aromatic rings. The van der Waals surface area contributed by atoms with Crippen molar-refractivity contribution >= 4 is 45.2 Å². The Morgan fingerprint density at radius 2 is 1.66 bits per heavy atom. The molecular weight excluding hydrogens is 422 g/mol. The molecule has 0 saturated carbocycles. The van der Waals surface area contributed by atoms with E-state index in [1.807, 2.05) is 31.3 Å². The number of nitrogens with zero attached hydrogens (tertiary/aromatic N) is 1. The van der Waals surface area contributed by atoms with Gasteiger partial charge in [0.15, 0.2) is 0 Å². The van der Waals surface area contributed by atoms with Gasteiger partial charge in [-0.05, 0) is 61.2 Å². The topological polar surface area (TPSA) is 63.1 Å². The predicted molar refractivity (Wildman–Crippen MR) is 128 cm³/mol. The smallest absolute Gasteiger partial charge is 0.259 e. The average Bonchev–Trinajstić information content (AvgIpc) is 3.27. The molecule has 160 valence electrons. The molecule has 3 heterocycles. The third-order valence-electron chi connectivity index (χ3n) is 6.98. The zero-order valence-electron chi connectivity index (χ0n) is 17.7. The summed E-state index contributed by atoms with van der Waals surface area (Å²) in [6, 6.07) is 16.0. The lowest BCUT2D eigenvalue weighted by Gasteiger charge is -2.23. The molecule has 1 fully saturated rings. The summed E-state index contributed by atoms with van der Waals surface area (Å²) in [5, 5.41) is 8.30. The molecule has 6 heteroatoms. The summed E-state index contributed by atoms with van der Waals surface area (Å²) in [5.41, 5.74) is 5.60. The van der Waals surface area contributed by atoms with Crippen LogP contribution in [-0.2, 0) is 7.05 Å². The zero-order chi connectivity index (χ0) is 22.0. The van der Waals surface area contributed by atoms with E-state index in [2.05, 4.69) is 33.4 Å². The normalized spacial score (nSPS) is 16.7. The highest BCUT2D eigenvalue weighted by Gasteiger charge is 2.34. The molecule has 0 atom stereocenters. The summed E-state index contributed by atoms with van der Waals surface area (Å²) >= 11 is 6.49. The summed E-state index contributed by atoms with van der Waals surface area (Å²) in [6.45, 7) is 2.07. The Bertz CT molecular complexity index is 1450. The summed E-state index contributed by atoms with van der Waals surface area (Å²) in [5.74, 6) is -0.183. The van der Waals surface area contributed by atoms with Gasteiger partial charge in [-0.25, -0.2) is 0 Å². The second kappa shape index (κ2) is 7.19. The Hall–Kier alpha value is -3.15. The SMILES string of the molecule is Cn1c2cc(C3CCNCC3)ccc2c2c3c(c(-c4ccccc4Cl)cc21)C(=O)NC3=O. The van der Waals surface area contributed by atoms with E-state index in [-0.39, 0.29) is 11.8 Å². The number of carbonyl (C=O) groups excluding carboxylic acids is 2.